The lowest BCUT2D eigenvalue weighted by molar-refractivity contribution is -0.203. The summed E-state index contributed by atoms with van der Waals surface area (Å²) in [5, 5.41) is 0. The van der Waals surface area contributed by atoms with Crippen LogP contribution in [0.4, 0.5) is 0 Å². The molecule has 5 fully saturated rings. The van der Waals surface area contributed by atoms with Crippen LogP contribution < -0.4 is 0 Å². The second-order valence-corrected chi connectivity index (χ2v) is 35.0. The Balaban J connectivity index is 0.000000202. The number of hydrogen-bond acceptors (Lipinski definition) is 30. The molecule has 5 aliphatic carbocycles. The summed E-state index contributed by atoms with van der Waals surface area (Å²) in [4.78, 5) is 197. The molecule has 0 N–H and O–H groups in total. The van der Waals surface area contributed by atoms with Gasteiger partial charge in [0.1, 0.15) is 39.6 Å². The van der Waals surface area contributed by atoms with Gasteiger partial charge in [0.25, 0.3) is 0 Å². The summed E-state index contributed by atoms with van der Waals surface area (Å²) >= 11 is 0. The molecule has 30 heteroatoms. The van der Waals surface area contributed by atoms with Crippen molar-refractivity contribution in [1.82, 2.24) is 0 Å². The second-order valence-electron chi connectivity index (χ2n) is 35.0. The van der Waals surface area contributed by atoms with Gasteiger partial charge in [0, 0.05) is 13.8 Å². The minimum Gasteiger partial charge on any atom is -0.461 e. The van der Waals surface area contributed by atoms with E-state index >= 15 is 0 Å². The van der Waals surface area contributed by atoms with E-state index in [-0.39, 0.29) is 99.2 Å². The van der Waals surface area contributed by atoms with Gasteiger partial charge in [-0.1, -0.05) is 242 Å². The zero-order valence-electron chi connectivity index (χ0n) is 78.8. The summed E-state index contributed by atoms with van der Waals surface area (Å²) in [7, 11) is 0. The van der Waals surface area contributed by atoms with Gasteiger partial charge >= 0.3 is 89.5 Å². The first-order chi connectivity index (χ1) is 68.0. The van der Waals surface area contributed by atoms with Crippen molar-refractivity contribution in [3.8, 4) is 0 Å². The number of esters is 15. The molecule has 6 unspecified atom stereocenters. The van der Waals surface area contributed by atoms with Gasteiger partial charge in [0.2, 0.25) is 0 Å². The summed E-state index contributed by atoms with van der Waals surface area (Å²) in [5.41, 5.74) is 1.45. The van der Waals surface area contributed by atoms with Crippen molar-refractivity contribution in [3.63, 3.8) is 0 Å². The first kappa shape index (κ1) is 106. The standard InChI is InChI=1S/C40H62O10.C40H32O10.C30H28O10/c2*41-36(28-16-6-1-7-17-28)46-26-33(48-38(43)30-20-10-3-11-21-30)35(50-40(45)32-24-14-5-15-25-32)34(49-39(44)31-22-12-4-13-23-31)27-47-37(42)29-18-8-2-9-19-29;1-20(31)38-25(18-36-28(33)22-12-6-3-7-13-22)27(40-30(35)24-16-10-5-11-17-24)26(39-21(2)32)19-37-29(34)23-14-8-4-9-15-23/h28-35H,1-27H2;1-25,33-35H,26-27H2;3-17,25-27H,18-19H2,1-2H3. The molecule has 0 spiro atoms. The number of carbonyl (C=O) groups excluding carboxylic acids is 15. The maximum Gasteiger partial charge on any atom is 0.338 e. The minimum atomic E-state index is -1.66. The molecule has 6 atom stereocenters. The number of ether oxygens (including phenoxy) is 15. The molecule has 8 aromatic rings. The van der Waals surface area contributed by atoms with E-state index < -0.39 is 159 Å². The fourth-order valence-corrected chi connectivity index (χ4v) is 17.1. The molecule has 0 heterocycles. The molecule has 30 nitrogen and oxygen atoms in total. The molecule has 8 aromatic carbocycles. The van der Waals surface area contributed by atoms with Gasteiger partial charge in [-0.3, -0.25) is 33.6 Å². The maximum absolute atomic E-state index is 13.8. The predicted molar refractivity (Wildman–Crippen MR) is 505 cm³/mol. The molecule has 140 heavy (non-hydrogen) atoms. The topological polar surface area (TPSA) is 394 Å². The van der Waals surface area contributed by atoms with E-state index in [1.807, 2.05) is 0 Å². The maximum atomic E-state index is 13.8. The lowest BCUT2D eigenvalue weighted by Gasteiger charge is -2.35. The van der Waals surface area contributed by atoms with Crippen LogP contribution in [0.1, 0.15) is 257 Å². The van der Waals surface area contributed by atoms with Crippen molar-refractivity contribution in [3.05, 3.63) is 287 Å². The van der Waals surface area contributed by atoms with Crippen LogP contribution in [0.2, 0.25) is 0 Å². The molecule has 0 bridgehead atoms. The Kier molecular flexibility index (Phi) is 43.4. The molecule has 0 aliphatic heterocycles. The Bertz CT molecular complexity index is 5010. The van der Waals surface area contributed by atoms with Crippen molar-refractivity contribution in [1.29, 1.82) is 0 Å². The monoisotopic (exact) mass is 1920 g/mol. The highest BCUT2D eigenvalue weighted by Crippen LogP contribution is 2.34. The predicted octanol–water partition coefficient (Wildman–Crippen LogP) is 17.9. The number of benzene rings is 8. The molecule has 0 aromatic heterocycles. The van der Waals surface area contributed by atoms with Crippen LogP contribution in [0.3, 0.4) is 0 Å². The van der Waals surface area contributed by atoms with Crippen molar-refractivity contribution >= 4 is 89.5 Å². The third-order valence-corrected chi connectivity index (χ3v) is 24.7. The van der Waals surface area contributed by atoms with Gasteiger partial charge < -0.3 is 71.1 Å². The van der Waals surface area contributed by atoms with E-state index in [1.165, 1.54) is 97.1 Å². The summed E-state index contributed by atoms with van der Waals surface area (Å²) in [5.74, 6) is -11.5. The molecule has 0 amide bonds. The van der Waals surface area contributed by atoms with Crippen molar-refractivity contribution < 1.29 is 143 Å². The van der Waals surface area contributed by atoms with Crippen LogP contribution in [-0.2, 0) is 105 Å². The van der Waals surface area contributed by atoms with Crippen LogP contribution in [0.25, 0.3) is 0 Å². The summed E-state index contributed by atoms with van der Waals surface area (Å²) in [6, 6.07) is 64.1. The highest BCUT2D eigenvalue weighted by Gasteiger charge is 2.47. The zero-order chi connectivity index (χ0) is 99.2. The summed E-state index contributed by atoms with van der Waals surface area (Å²) in [6.07, 6.45) is 8.73. The van der Waals surface area contributed by atoms with E-state index in [0.717, 1.165) is 136 Å². The van der Waals surface area contributed by atoms with Crippen molar-refractivity contribution in [2.75, 3.05) is 39.6 Å². The zero-order valence-corrected chi connectivity index (χ0v) is 78.8. The largest absolute Gasteiger partial charge is 0.461 e. The van der Waals surface area contributed by atoms with Crippen LogP contribution in [0, 0.1) is 29.6 Å². The Morgan fingerprint density at radius 3 is 0.564 bits per heavy atom. The Hall–Kier alpha value is -14.2. The smallest absolute Gasteiger partial charge is 0.338 e. The van der Waals surface area contributed by atoms with E-state index in [0.29, 0.717) is 38.5 Å². The number of rotatable bonds is 40. The third kappa shape index (κ3) is 34.8. The lowest BCUT2D eigenvalue weighted by Crippen LogP contribution is -2.51. The molecule has 5 saturated carbocycles. The number of hydrogen-bond donors (Lipinski definition) is 0. The molecule has 0 saturated heterocycles. The van der Waals surface area contributed by atoms with Gasteiger partial charge in [0.15, 0.2) is 54.9 Å². The Morgan fingerprint density at radius 2 is 0.350 bits per heavy atom. The Labute approximate surface area is 814 Å². The molecule has 13 rings (SSSR count). The van der Waals surface area contributed by atoms with Crippen LogP contribution >= 0.6 is 0 Å². The van der Waals surface area contributed by atoms with Crippen LogP contribution in [-0.4, -0.2) is 184 Å². The minimum absolute atomic E-state index is 0.126. The second kappa shape index (κ2) is 57.2. The third-order valence-electron chi connectivity index (χ3n) is 24.7. The van der Waals surface area contributed by atoms with E-state index in [1.54, 1.807) is 146 Å². The van der Waals surface area contributed by atoms with E-state index in [2.05, 4.69) is 0 Å². The molecular weight excluding hydrogens is 1800 g/mol. The first-order valence-electron chi connectivity index (χ1n) is 48.2. The summed E-state index contributed by atoms with van der Waals surface area (Å²) < 4.78 is 86.3. The fourth-order valence-electron chi connectivity index (χ4n) is 17.1. The molecule has 742 valence electrons. The summed E-state index contributed by atoms with van der Waals surface area (Å²) in [6.45, 7) is -0.864. The lowest BCUT2D eigenvalue weighted by atomic mass is 9.89. The first-order valence-corrected chi connectivity index (χ1v) is 48.2. The highest BCUT2D eigenvalue weighted by molar-refractivity contribution is 5.94. The SMILES string of the molecule is CC(=O)OC(COC(=O)c1ccccc1)C(OC(=O)c1ccccc1)C(COC(=O)c1ccccc1)OC(C)=O.O=C(OCC(OC(=O)C1CCCCC1)C(OC(=O)C1CCCCC1)C(COC(=O)C1CCCCC1)OC(=O)C1CCCCC1)C1CCCCC1.O=C(OCC(OC(=O)c1ccccc1)C(OC(=O)c1ccccc1)C(COC(=O)c1ccccc1)OC(=O)c1ccccc1)c1ccccc1. The van der Waals surface area contributed by atoms with E-state index in [4.69, 9.17) is 71.1 Å². The normalized spacial score (nSPS) is 16.6. The quantitative estimate of drug-likeness (QED) is 0.0254. The molecule has 5 aliphatic rings. The number of carbonyl (C=O) groups is 15. The van der Waals surface area contributed by atoms with Crippen molar-refractivity contribution in [2.45, 2.75) is 229 Å². The van der Waals surface area contributed by atoms with E-state index in [9.17, 15) is 71.9 Å². The highest BCUT2D eigenvalue weighted by atomic mass is 16.7. The van der Waals surface area contributed by atoms with Gasteiger partial charge in [0.05, 0.1) is 74.1 Å². The fraction of sp³-hybridized carbons (Fsp3) is 0.427. The molecule has 0 radical (unpaired) electrons. The molecular formula is C110H122O30. The average Bonchev–Trinajstić information content (AvgIpc) is 0.825. The van der Waals surface area contributed by atoms with Crippen molar-refractivity contribution in [2.24, 2.45) is 29.6 Å². The van der Waals surface area contributed by atoms with Crippen LogP contribution in [0.15, 0.2) is 243 Å². The average molecular weight is 1920 g/mol. The van der Waals surface area contributed by atoms with Gasteiger partial charge in [-0.2, -0.15) is 0 Å². The van der Waals surface area contributed by atoms with Crippen LogP contribution in [0.5, 0.6) is 0 Å². The van der Waals surface area contributed by atoms with Gasteiger partial charge in [-0.25, -0.2) is 38.4 Å². The van der Waals surface area contributed by atoms with Gasteiger partial charge in [-0.05, 0) is 161 Å². The van der Waals surface area contributed by atoms with Gasteiger partial charge in [-0.15, -0.1) is 0 Å². The Morgan fingerprint density at radius 1 is 0.186 bits per heavy atom.